The van der Waals surface area contributed by atoms with Gasteiger partial charge in [0.15, 0.2) is 5.78 Å². The van der Waals surface area contributed by atoms with Crippen LogP contribution < -0.4 is 4.90 Å². The van der Waals surface area contributed by atoms with Crippen molar-refractivity contribution in [2.45, 2.75) is 39.2 Å². The number of hydrogen-bond donors (Lipinski definition) is 0. The largest absolute Gasteiger partial charge is 0.376 e. The third-order valence-electron chi connectivity index (χ3n) is 3.67. The lowest BCUT2D eigenvalue weighted by Crippen LogP contribution is -2.32. The quantitative estimate of drug-likeness (QED) is 0.779. The van der Waals surface area contributed by atoms with E-state index in [4.69, 9.17) is 4.74 Å². The lowest BCUT2D eigenvalue weighted by atomic mass is 10.1. The maximum Gasteiger partial charge on any atom is 0.164 e. The highest BCUT2D eigenvalue weighted by atomic mass is 16.5. The monoisotopic (exact) mass is 261 g/mol. The summed E-state index contributed by atoms with van der Waals surface area (Å²) in [5, 5.41) is 0. The van der Waals surface area contributed by atoms with E-state index in [1.54, 1.807) is 0 Å². The minimum Gasteiger partial charge on any atom is -0.376 e. The van der Waals surface area contributed by atoms with Crippen molar-refractivity contribution in [2.24, 2.45) is 0 Å². The first-order chi connectivity index (χ1) is 9.26. The molecule has 0 radical (unpaired) electrons. The molecule has 0 spiro atoms. The van der Waals surface area contributed by atoms with Gasteiger partial charge < -0.3 is 9.64 Å². The first kappa shape index (κ1) is 14.1. The predicted molar refractivity (Wildman–Crippen MR) is 77.9 cm³/mol. The molecule has 19 heavy (non-hydrogen) atoms. The fourth-order valence-corrected chi connectivity index (χ4v) is 2.54. The van der Waals surface area contributed by atoms with Crippen LogP contribution in [-0.4, -0.2) is 31.6 Å². The molecule has 1 aromatic rings. The first-order valence-corrected chi connectivity index (χ1v) is 7.25. The Balaban J connectivity index is 2.26. The SMILES string of the molecule is CCC(=O)c1ccccc1N1CCCOC(CC)C1. The zero-order valence-corrected chi connectivity index (χ0v) is 11.9. The lowest BCUT2D eigenvalue weighted by molar-refractivity contribution is 0.0664. The number of ether oxygens (including phenoxy) is 1. The number of nitrogens with zero attached hydrogens (tertiary/aromatic N) is 1. The molecule has 1 unspecified atom stereocenters. The molecule has 1 aromatic carbocycles. The van der Waals surface area contributed by atoms with Gasteiger partial charge in [-0.05, 0) is 25.0 Å². The zero-order valence-electron chi connectivity index (χ0n) is 11.9. The number of hydrogen-bond acceptors (Lipinski definition) is 3. The molecule has 1 fully saturated rings. The molecule has 1 heterocycles. The van der Waals surface area contributed by atoms with Gasteiger partial charge >= 0.3 is 0 Å². The Bertz CT molecular complexity index is 431. The Morgan fingerprint density at radius 3 is 2.89 bits per heavy atom. The molecular formula is C16H23NO2. The van der Waals surface area contributed by atoms with E-state index in [-0.39, 0.29) is 11.9 Å². The summed E-state index contributed by atoms with van der Waals surface area (Å²) < 4.78 is 5.80. The number of carbonyl (C=O) groups is 1. The van der Waals surface area contributed by atoms with E-state index in [2.05, 4.69) is 17.9 Å². The van der Waals surface area contributed by atoms with E-state index in [0.717, 1.165) is 43.8 Å². The number of carbonyl (C=O) groups excluding carboxylic acids is 1. The van der Waals surface area contributed by atoms with Gasteiger partial charge in [0.1, 0.15) is 0 Å². The molecule has 1 aliphatic rings. The van der Waals surface area contributed by atoms with Crippen LogP contribution in [0.5, 0.6) is 0 Å². The average Bonchev–Trinajstić information content (AvgIpc) is 2.71. The van der Waals surface area contributed by atoms with Gasteiger partial charge in [0.2, 0.25) is 0 Å². The van der Waals surface area contributed by atoms with E-state index in [9.17, 15) is 4.79 Å². The Labute approximate surface area is 115 Å². The van der Waals surface area contributed by atoms with Crippen molar-refractivity contribution in [3.05, 3.63) is 29.8 Å². The van der Waals surface area contributed by atoms with Crippen molar-refractivity contribution in [1.82, 2.24) is 0 Å². The van der Waals surface area contributed by atoms with E-state index in [0.29, 0.717) is 6.42 Å². The van der Waals surface area contributed by atoms with Gasteiger partial charge in [-0.15, -0.1) is 0 Å². The van der Waals surface area contributed by atoms with Crippen LogP contribution >= 0.6 is 0 Å². The molecule has 1 atom stereocenters. The standard InChI is InChI=1S/C16H23NO2/c1-3-13-12-17(10-7-11-19-13)15-9-6-5-8-14(15)16(18)4-2/h5-6,8-9,13H,3-4,7,10-12H2,1-2H3. The molecule has 2 rings (SSSR count). The minimum atomic E-state index is 0.216. The zero-order chi connectivity index (χ0) is 13.7. The van der Waals surface area contributed by atoms with Crippen molar-refractivity contribution in [3.63, 3.8) is 0 Å². The molecule has 0 bridgehead atoms. The van der Waals surface area contributed by atoms with Crippen molar-refractivity contribution in [3.8, 4) is 0 Å². The van der Waals surface area contributed by atoms with Crippen LogP contribution in [0.25, 0.3) is 0 Å². The van der Waals surface area contributed by atoms with Crippen LogP contribution in [-0.2, 0) is 4.74 Å². The van der Waals surface area contributed by atoms with E-state index in [1.807, 2.05) is 25.1 Å². The lowest BCUT2D eigenvalue weighted by Gasteiger charge is -2.27. The fourth-order valence-electron chi connectivity index (χ4n) is 2.54. The number of anilines is 1. The van der Waals surface area contributed by atoms with E-state index < -0.39 is 0 Å². The maximum absolute atomic E-state index is 12.1. The first-order valence-electron chi connectivity index (χ1n) is 7.25. The molecule has 3 nitrogen and oxygen atoms in total. The van der Waals surface area contributed by atoms with Crippen LogP contribution in [0.15, 0.2) is 24.3 Å². The van der Waals surface area contributed by atoms with Crippen LogP contribution in [0.1, 0.15) is 43.5 Å². The van der Waals surface area contributed by atoms with E-state index >= 15 is 0 Å². The second-order valence-electron chi connectivity index (χ2n) is 4.99. The Morgan fingerprint density at radius 2 is 2.16 bits per heavy atom. The average molecular weight is 261 g/mol. The smallest absolute Gasteiger partial charge is 0.164 e. The number of Topliss-reactive ketones (excluding diaryl/α,β-unsaturated/α-hetero) is 1. The molecular weight excluding hydrogens is 238 g/mol. The molecule has 0 amide bonds. The summed E-state index contributed by atoms with van der Waals surface area (Å²) in [5.74, 6) is 0.216. The third kappa shape index (κ3) is 3.35. The van der Waals surface area contributed by atoms with Gasteiger partial charge in [-0.25, -0.2) is 0 Å². The summed E-state index contributed by atoms with van der Waals surface area (Å²) in [6.45, 7) is 6.73. The van der Waals surface area contributed by atoms with Gasteiger partial charge in [0.05, 0.1) is 6.10 Å². The highest BCUT2D eigenvalue weighted by molar-refractivity contribution is 6.01. The Morgan fingerprint density at radius 1 is 1.37 bits per heavy atom. The molecule has 1 saturated heterocycles. The summed E-state index contributed by atoms with van der Waals surface area (Å²) in [4.78, 5) is 14.4. The summed E-state index contributed by atoms with van der Waals surface area (Å²) in [6, 6.07) is 7.95. The third-order valence-corrected chi connectivity index (χ3v) is 3.67. The van der Waals surface area contributed by atoms with Crippen molar-refractivity contribution in [2.75, 3.05) is 24.6 Å². The highest BCUT2D eigenvalue weighted by Gasteiger charge is 2.20. The maximum atomic E-state index is 12.1. The van der Waals surface area contributed by atoms with Gasteiger partial charge in [-0.3, -0.25) is 4.79 Å². The Hall–Kier alpha value is -1.35. The molecule has 0 N–H and O–H groups in total. The van der Waals surface area contributed by atoms with Crippen LogP contribution in [0.4, 0.5) is 5.69 Å². The van der Waals surface area contributed by atoms with Gasteiger partial charge in [-0.2, -0.15) is 0 Å². The summed E-state index contributed by atoms with van der Waals surface area (Å²) >= 11 is 0. The van der Waals surface area contributed by atoms with Crippen LogP contribution in [0, 0.1) is 0 Å². The number of benzene rings is 1. The van der Waals surface area contributed by atoms with Gasteiger partial charge in [0, 0.05) is 37.4 Å². The summed E-state index contributed by atoms with van der Waals surface area (Å²) in [6.07, 6.45) is 2.86. The number of ketones is 1. The summed E-state index contributed by atoms with van der Waals surface area (Å²) in [5.41, 5.74) is 1.92. The van der Waals surface area contributed by atoms with Gasteiger partial charge in [0.25, 0.3) is 0 Å². The van der Waals surface area contributed by atoms with Crippen molar-refractivity contribution < 1.29 is 9.53 Å². The predicted octanol–water partition coefficient (Wildman–Crippen LogP) is 3.28. The molecule has 3 heteroatoms. The van der Waals surface area contributed by atoms with Gasteiger partial charge in [-0.1, -0.05) is 26.0 Å². The highest BCUT2D eigenvalue weighted by Crippen LogP contribution is 2.24. The molecule has 0 aromatic heterocycles. The second kappa shape index (κ2) is 6.71. The second-order valence-corrected chi connectivity index (χ2v) is 4.99. The van der Waals surface area contributed by atoms with E-state index in [1.165, 1.54) is 0 Å². The Kier molecular flexibility index (Phi) is 4.97. The minimum absolute atomic E-state index is 0.216. The normalized spacial score (nSPS) is 20.1. The number of para-hydroxylation sites is 1. The number of rotatable bonds is 4. The van der Waals surface area contributed by atoms with Crippen LogP contribution in [0.2, 0.25) is 0 Å². The molecule has 1 aliphatic heterocycles. The van der Waals surface area contributed by atoms with Crippen LogP contribution in [0.3, 0.4) is 0 Å². The molecule has 104 valence electrons. The molecule has 0 saturated carbocycles. The molecule has 0 aliphatic carbocycles. The topological polar surface area (TPSA) is 29.5 Å². The summed E-state index contributed by atoms with van der Waals surface area (Å²) in [7, 11) is 0. The van der Waals surface area contributed by atoms with Crippen molar-refractivity contribution >= 4 is 11.5 Å². The fraction of sp³-hybridized carbons (Fsp3) is 0.562. The van der Waals surface area contributed by atoms with Crippen molar-refractivity contribution in [1.29, 1.82) is 0 Å².